The predicted octanol–water partition coefficient (Wildman–Crippen LogP) is 3.14. The Morgan fingerprint density at radius 3 is 1.95 bits per heavy atom. The third-order valence-electron chi connectivity index (χ3n) is 5.00. The molecule has 0 saturated carbocycles. The number of nitrogens with two attached hydrogens (primary N) is 4. The third kappa shape index (κ3) is 11.1. The molecule has 2 aromatic carbocycles. The fourth-order valence-electron chi connectivity index (χ4n) is 3.08. The Kier molecular flexibility index (Phi) is 18.2. The number of nitrogen functional groups attached to an aromatic ring is 1. The molecule has 0 aliphatic heterocycles. The van der Waals surface area contributed by atoms with Crippen molar-refractivity contribution in [3.8, 4) is 29.1 Å². The van der Waals surface area contributed by atoms with Gasteiger partial charge in [-0.25, -0.2) is 0 Å². The second-order valence-electron chi connectivity index (χ2n) is 7.38. The molecular weight excluding hydrogens is 521 g/mol. The van der Waals surface area contributed by atoms with Gasteiger partial charge in [-0.15, -0.1) is 24.8 Å². The lowest BCUT2D eigenvalue weighted by Crippen LogP contribution is -2.36. The van der Waals surface area contributed by atoms with E-state index in [4.69, 9.17) is 41.9 Å². The summed E-state index contributed by atoms with van der Waals surface area (Å²) < 4.78 is 21.1. The van der Waals surface area contributed by atoms with Crippen molar-refractivity contribution in [1.29, 1.82) is 5.26 Å². The molecule has 206 valence electrons. The van der Waals surface area contributed by atoms with Crippen LogP contribution in [0.3, 0.4) is 0 Å². The number of unbranched alkanes of at least 4 members (excludes halogenated alkanes) is 1. The van der Waals surface area contributed by atoms with E-state index in [0.29, 0.717) is 52.8 Å². The van der Waals surface area contributed by atoms with Gasteiger partial charge in [0.05, 0.1) is 51.8 Å². The van der Waals surface area contributed by atoms with Crippen molar-refractivity contribution >= 4 is 48.1 Å². The van der Waals surface area contributed by atoms with Crippen LogP contribution in [0.4, 0.5) is 5.69 Å². The van der Waals surface area contributed by atoms with Crippen LogP contribution in [0.2, 0.25) is 0 Å². The summed E-state index contributed by atoms with van der Waals surface area (Å²) in [7, 11) is 6.14. The molecule has 0 heterocycles. The first-order chi connectivity index (χ1) is 16.8. The quantitative estimate of drug-likeness (QED) is 0.139. The van der Waals surface area contributed by atoms with Crippen molar-refractivity contribution in [1.82, 2.24) is 0 Å². The van der Waals surface area contributed by atoms with Crippen LogP contribution in [0.1, 0.15) is 30.4 Å². The Balaban J connectivity index is 0. The summed E-state index contributed by atoms with van der Waals surface area (Å²) in [5, 5.41) is 9.58. The van der Waals surface area contributed by atoms with E-state index >= 15 is 0 Å². The molecule has 37 heavy (non-hydrogen) atoms. The highest BCUT2D eigenvalue weighted by atomic mass is 35.5. The molecule has 0 unspecified atom stereocenters. The number of allylic oxidation sites excluding steroid dienone is 1. The van der Waals surface area contributed by atoms with Gasteiger partial charge in [0.1, 0.15) is 5.75 Å². The largest absolute Gasteiger partial charge is 0.495 e. The van der Waals surface area contributed by atoms with Crippen LogP contribution in [-0.2, 0) is 4.79 Å². The van der Waals surface area contributed by atoms with Crippen LogP contribution in [-0.4, -0.2) is 46.9 Å². The first kappa shape index (κ1) is 35.8. The zero-order valence-corrected chi connectivity index (χ0v) is 23.1. The Labute approximate surface area is 230 Å². The first-order valence-corrected chi connectivity index (χ1v) is 10.9. The Bertz CT molecular complexity index is 1040. The fraction of sp³-hybridized carbons (Fsp3) is 0.360. The number of ether oxygens (including phenoxy) is 4. The maximum atomic E-state index is 10.4. The Hall–Kier alpha value is -3.36. The number of rotatable bonds is 11. The highest BCUT2D eigenvalue weighted by Crippen LogP contribution is 2.40. The van der Waals surface area contributed by atoms with Gasteiger partial charge in [-0.05, 0) is 60.9 Å². The van der Waals surface area contributed by atoms with Gasteiger partial charge in [0.2, 0.25) is 11.7 Å². The molecule has 0 aliphatic rings. The molecule has 1 atom stereocenters. The van der Waals surface area contributed by atoms with E-state index < -0.39 is 11.9 Å². The lowest BCUT2D eigenvalue weighted by Gasteiger charge is -2.14. The molecule has 12 heteroatoms. The van der Waals surface area contributed by atoms with Crippen molar-refractivity contribution in [2.45, 2.75) is 25.3 Å². The van der Waals surface area contributed by atoms with Gasteiger partial charge in [-0.1, -0.05) is 12.5 Å². The normalized spacial score (nSPS) is 10.8. The Morgan fingerprint density at radius 1 is 0.973 bits per heavy atom. The van der Waals surface area contributed by atoms with Gasteiger partial charge in [0.25, 0.3) is 0 Å². The summed E-state index contributed by atoms with van der Waals surface area (Å²) in [6.45, 7) is 0.644. The topological polar surface area (TPSA) is 182 Å². The lowest BCUT2D eigenvalue weighted by atomic mass is 10.0. The Morgan fingerprint density at radius 2 is 1.54 bits per heavy atom. The van der Waals surface area contributed by atoms with Gasteiger partial charge in [0, 0.05) is 0 Å². The number of amides is 1. The van der Waals surface area contributed by atoms with E-state index in [0.717, 1.165) is 18.4 Å². The minimum absolute atomic E-state index is 0. The monoisotopic (exact) mass is 557 g/mol. The number of carbonyl (C=O) groups excluding carboxylic acids is 1. The first-order valence-electron chi connectivity index (χ1n) is 10.9. The van der Waals surface area contributed by atoms with Crippen molar-refractivity contribution < 1.29 is 23.7 Å². The highest BCUT2D eigenvalue weighted by molar-refractivity contribution is 5.91. The fourth-order valence-corrected chi connectivity index (χ4v) is 3.08. The molecule has 0 radical (unpaired) electrons. The summed E-state index contributed by atoms with van der Waals surface area (Å²) in [5.41, 5.74) is 23.8. The van der Waals surface area contributed by atoms with E-state index in [9.17, 15) is 10.1 Å². The molecule has 2 aromatic rings. The van der Waals surface area contributed by atoms with Gasteiger partial charge < -0.3 is 41.9 Å². The molecule has 8 N–H and O–H groups in total. The number of primary amides is 1. The average Bonchev–Trinajstić information content (AvgIpc) is 2.86. The van der Waals surface area contributed by atoms with E-state index in [1.54, 1.807) is 37.5 Å². The second kappa shape index (κ2) is 18.8. The van der Waals surface area contributed by atoms with E-state index in [1.165, 1.54) is 21.3 Å². The van der Waals surface area contributed by atoms with Crippen LogP contribution in [0.15, 0.2) is 30.3 Å². The van der Waals surface area contributed by atoms with E-state index in [2.05, 4.69) is 6.07 Å². The molecule has 0 saturated heterocycles. The minimum atomic E-state index is -0.494. The number of hydrogen-bond donors (Lipinski definition) is 4. The number of benzene rings is 2. The van der Waals surface area contributed by atoms with Crippen LogP contribution in [0.25, 0.3) is 11.6 Å². The maximum absolute atomic E-state index is 10.4. The zero-order chi connectivity index (χ0) is 26.4. The number of carbonyl (C=O) groups is 1. The molecule has 0 aliphatic carbocycles. The maximum Gasteiger partial charge on any atom is 0.234 e. The summed E-state index contributed by atoms with van der Waals surface area (Å²) in [4.78, 5) is 10.4. The SMILES string of the molecule is COc1ccc(/C=C(/C#N)c2cc(OC)c(OC)c(OC)c2)cc1N.Cl.Cl.NCCCC[C@H](N)C(N)=O. The van der Waals surface area contributed by atoms with Crippen LogP contribution in [0.5, 0.6) is 23.0 Å². The zero-order valence-electron chi connectivity index (χ0n) is 21.5. The number of nitriles is 1. The molecule has 0 aromatic heterocycles. The number of halogens is 2. The van der Waals surface area contributed by atoms with Gasteiger partial charge in [-0.3, -0.25) is 4.79 Å². The predicted molar refractivity (Wildman–Crippen MR) is 152 cm³/mol. The molecule has 10 nitrogen and oxygen atoms in total. The molecule has 0 bridgehead atoms. The molecule has 1 amide bonds. The summed E-state index contributed by atoms with van der Waals surface area (Å²) in [6, 6.07) is 10.5. The minimum Gasteiger partial charge on any atom is -0.495 e. The van der Waals surface area contributed by atoms with Crippen molar-refractivity contribution in [3.05, 3.63) is 41.5 Å². The molecule has 0 fully saturated rings. The molecule has 0 spiro atoms. The van der Waals surface area contributed by atoms with Crippen molar-refractivity contribution in [3.63, 3.8) is 0 Å². The summed E-state index contributed by atoms with van der Waals surface area (Å²) >= 11 is 0. The van der Waals surface area contributed by atoms with Crippen molar-refractivity contribution in [2.75, 3.05) is 40.7 Å². The smallest absolute Gasteiger partial charge is 0.234 e. The van der Waals surface area contributed by atoms with Crippen LogP contribution < -0.4 is 41.9 Å². The second-order valence-corrected chi connectivity index (χ2v) is 7.38. The van der Waals surface area contributed by atoms with Gasteiger partial charge in [-0.2, -0.15) is 5.26 Å². The van der Waals surface area contributed by atoms with E-state index in [-0.39, 0.29) is 24.8 Å². The average molecular weight is 559 g/mol. The van der Waals surface area contributed by atoms with Crippen molar-refractivity contribution in [2.24, 2.45) is 17.2 Å². The van der Waals surface area contributed by atoms with E-state index in [1.807, 2.05) is 6.07 Å². The van der Waals surface area contributed by atoms with Crippen LogP contribution >= 0.6 is 24.8 Å². The standard InChI is InChI=1S/C19H20N2O4.C6H15N3O.2ClH/c1-22-16-6-5-12(8-15(16)21)7-14(11-20)13-9-17(23-2)19(25-4)18(10-13)24-3;7-4-2-1-3-5(8)6(9)10;;/h5-10H,21H2,1-4H3;5H,1-4,7-8H2,(H2,9,10);2*1H/b14-7-;;;/t;5-;;/m.0../s1. The number of nitrogens with zero attached hydrogens (tertiary/aromatic N) is 1. The summed E-state index contributed by atoms with van der Waals surface area (Å²) in [6.07, 6.45) is 4.16. The van der Waals surface area contributed by atoms with Gasteiger partial charge >= 0.3 is 0 Å². The molecule has 2 rings (SSSR count). The van der Waals surface area contributed by atoms with Gasteiger partial charge in [0.15, 0.2) is 11.5 Å². The number of methoxy groups -OCH3 is 4. The number of hydrogen-bond acceptors (Lipinski definition) is 9. The highest BCUT2D eigenvalue weighted by Gasteiger charge is 2.15. The number of anilines is 1. The third-order valence-corrected chi connectivity index (χ3v) is 5.00. The lowest BCUT2D eigenvalue weighted by molar-refractivity contribution is -0.119. The summed E-state index contributed by atoms with van der Waals surface area (Å²) in [5.74, 6) is 1.58. The molecular formula is C25H37Cl2N5O5. The van der Waals surface area contributed by atoms with Crippen LogP contribution in [0, 0.1) is 11.3 Å².